The Kier molecular flexibility index (Phi) is 21.0. The van der Waals surface area contributed by atoms with Gasteiger partial charge in [0, 0.05) is 26.0 Å². The van der Waals surface area contributed by atoms with Gasteiger partial charge >= 0.3 is 0 Å². The third kappa shape index (κ3) is 18.8. The maximum atomic E-state index is 6.24. The van der Waals surface area contributed by atoms with Crippen molar-refractivity contribution in [2.45, 2.75) is 131 Å². The summed E-state index contributed by atoms with van der Waals surface area (Å²) in [5, 5.41) is 0. The molecule has 0 fully saturated rings. The van der Waals surface area contributed by atoms with Crippen molar-refractivity contribution in [2.24, 2.45) is 5.73 Å². The van der Waals surface area contributed by atoms with E-state index in [9.17, 15) is 0 Å². The van der Waals surface area contributed by atoms with Gasteiger partial charge in [-0.25, -0.2) is 0 Å². The van der Waals surface area contributed by atoms with Gasteiger partial charge in [0.25, 0.3) is 0 Å². The molecule has 0 aliphatic rings. The van der Waals surface area contributed by atoms with E-state index in [0.29, 0.717) is 13.2 Å². The van der Waals surface area contributed by atoms with Crippen molar-refractivity contribution in [3.63, 3.8) is 0 Å². The van der Waals surface area contributed by atoms with Crippen LogP contribution in [0.4, 0.5) is 0 Å². The van der Waals surface area contributed by atoms with E-state index in [2.05, 4.69) is 62.3 Å². The molecule has 0 rings (SSSR count). The molecule has 2 unspecified atom stereocenters. The minimum atomic E-state index is -0.195. The van der Waals surface area contributed by atoms with Gasteiger partial charge in [0.15, 0.2) is 12.6 Å². The standard InChI is InChI=1S/C26H57NO5P2/c1-10-28-26(19-27,13-17-33-15-11-24(29-20(2)3)30-21(4)5)14-18-34-16-12-25(31-22(6)7)32-23(8)9/h20-25,33-34H,10-19,27H2,1-9H3. The lowest BCUT2D eigenvalue weighted by Crippen LogP contribution is -2.42. The van der Waals surface area contributed by atoms with Gasteiger partial charge in [0.05, 0.1) is 30.0 Å². The predicted molar refractivity (Wildman–Crippen MR) is 150 cm³/mol. The van der Waals surface area contributed by atoms with E-state index in [1.54, 1.807) is 0 Å². The summed E-state index contributed by atoms with van der Waals surface area (Å²) >= 11 is 0. The van der Waals surface area contributed by atoms with Crippen LogP contribution in [0.3, 0.4) is 0 Å². The van der Waals surface area contributed by atoms with Gasteiger partial charge < -0.3 is 29.4 Å². The lowest BCUT2D eigenvalue weighted by molar-refractivity contribution is -0.181. The molecule has 2 atom stereocenters. The Morgan fingerprint density at radius 3 is 1.24 bits per heavy atom. The fourth-order valence-electron chi connectivity index (χ4n) is 3.71. The molecular formula is C26H57NO5P2. The zero-order valence-electron chi connectivity index (χ0n) is 23.7. The summed E-state index contributed by atoms with van der Waals surface area (Å²) in [6.07, 6.45) is 8.96. The molecule has 0 aromatic rings. The number of hydrogen-bond donors (Lipinski definition) is 1. The molecule has 0 heterocycles. The van der Waals surface area contributed by atoms with E-state index >= 15 is 0 Å². The highest BCUT2D eigenvalue weighted by molar-refractivity contribution is 7.38. The van der Waals surface area contributed by atoms with Crippen molar-refractivity contribution >= 4 is 17.2 Å². The molecule has 0 saturated heterocycles. The average Bonchev–Trinajstić information content (AvgIpc) is 2.71. The highest BCUT2D eigenvalue weighted by Gasteiger charge is 2.28. The van der Waals surface area contributed by atoms with Crippen molar-refractivity contribution in [3.05, 3.63) is 0 Å². The van der Waals surface area contributed by atoms with Crippen molar-refractivity contribution < 1.29 is 23.7 Å². The molecule has 0 spiro atoms. The summed E-state index contributed by atoms with van der Waals surface area (Å²) in [6.45, 7) is 19.9. The molecule has 0 aliphatic heterocycles. The molecule has 0 amide bonds. The fourth-order valence-corrected chi connectivity index (χ4v) is 6.36. The summed E-state index contributed by atoms with van der Waals surface area (Å²) in [7, 11) is 1.74. The van der Waals surface area contributed by atoms with Crippen LogP contribution in [0.2, 0.25) is 0 Å². The van der Waals surface area contributed by atoms with Gasteiger partial charge in [-0.15, -0.1) is 17.2 Å². The second-order valence-corrected chi connectivity index (χ2v) is 13.0. The number of nitrogens with two attached hydrogens (primary N) is 1. The van der Waals surface area contributed by atoms with Crippen LogP contribution in [0.25, 0.3) is 0 Å². The lowest BCUT2D eigenvalue weighted by Gasteiger charge is -2.33. The van der Waals surface area contributed by atoms with Crippen molar-refractivity contribution in [3.8, 4) is 0 Å². The van der Waals surface area contributed by atoms with Gasteiger partial charge in [-0.2, -0.15) is 0 Å². The summed E-state index contributed by atoms with van der Waals surface area (Å²) in [5.74, 6) is 0. The first-order valence-corrected chi connectivity index (χ1v) is 16.2. The number of ether oxygens (including phenoxy) is 5. The average molecular weight is 526 g/mol. The summed E-state index contributed by atoms with van der Waals surface area (Å²) in [5.41, 5.74) is 6.05. The van der Waals surface area contributed by atoms with Gasteiger partial charge in [0.1, 0.15) is 0 Å². The molecule has 6 nitrogen and oxygen atoms in total. The minimum Gasteiger partial charge on any atom is -0.374 e. The highest BCUT2D eigenvalue weighted by atomic mass is 31.1. The Hall–Kier alpha value is 0.620. The second-order valence-electron chi connectivity index (χ2n) is 10.00. The van der Waals surface area contributed by atoms with Crippen LogP contribution in [0.5, 0.6) is 0 Å². The Balaban J connectivity index is 4.44. The van der Waals surface area contributed by atoms with E-state index in [0.717, 1.165) is 67.5 Å². The quantitative estimate of drug-likeness (QED) is 0.100. The molecule has 0 bridgehead atoms. The zero-order valence-corrected chi connectivity index (χ0v) is 25.7. The monoisotopic (exact) mass is 525 g/mol. The van der Waals surface area contributed by atoms with Crippen LogP contribution in [0, 0.1) is 0 Å². The molecule has 8 heteroatoms. The normalized spacial score (nSPS) is 15.2. The smallest absolute Gasteiger partial charge is 0.158 e. The topological polar surface area (TPSA) is 72.2 Å². The zero-order chi connectivity index (χ0) is 26.0. The largest absolute Gasteiger partial charge is 0.374 e. The van der Waals surface area contributed by atoms with Crippen molar-refractivity contribution in [1.29, 1.82) is 0 Å². The van der Waals surface area contributed by atoms with Crippen LogP contribution in [0.1, 0.15) is 88.0 Å². The predicted octanol–water partition coefficient (Wildman–Crippen LogP) is 5.99. The summed E-state index contributed by atoms with van der Waals surface area (Å²) in [4.78, 5) is 0. The van der Waals surface area contributed by atoms with Gasteiger partial charge in [-0.1, -0.05) is 0 Å². The molecule has 2 N–H and O–H groups in total. The minimum absolute atomic E-state index is 0.108. The lowest BCUT2D eigenvalue weighted by atomic mass is 9.97. The van der Waals surface area contributed by atoms with Crippen LogP contribution in [-0.4, -0.2) is 80.4 Å². The van der Waals surface area contributed by atoms with E-state index in [4.69, 9.17) is 29.4 Å². The van der Waals surface area contributed by atoms with E-state index in [1.165, 1.54) is 0 Å². The number of hydrogen-bond acceptors (Lipinski definition) is 6. The Morgan fingerprint density at radius 1 is 0.618 bits per heavy atom. The third-order valence-electron chi connectivity index (χ3n) is 5.15. The van der Waals surface area contributed by atoms with Crippen molar-refractivity contribution in [2.75, 3.05) is 37.8 Å². The second kappa shape index (κ2) is 20.7. The van der Waals surface area contributed by atoms with E-state index < -0.39 is 0 Å². The molecule has 0 aliphatic carbocycles. The molecule has 0 saturated carbocycles. The molecule has 0 aromatic carbocycles. The molecule has 34 heavy (non-hydrogen) atoms. The first kappa shape index (κ1) is 34.6. The van der Waals surface area contributed by atoms with Gasteiger partial charge in [0.2, 0.25) is 0 Å². The first-order chi connectivity index (χ1) is 16.0. The maximum absolute atomic E-state index is 6.24. The Bertz CT molecular complexity index is 412. The Morgan fingerprint density at radius 2 is 0.971 bits per heavy atom. The SMILES string of the molecule is CCOC(CN)(CCPCCC(OC(C)C)OC(C)C)CCPCCC(OC(C)C)OC(C)C. The van der Waals surface area contributed by atoms with E-state index in [-0.39, 0.29) is 42.6 Å². The highest BCUT2D eigenvalue weighted by Crippen LogP contribution is 2.29. The third-order valence-corrected chi connectivity index (χ3v) is 7.64. The summed E-state index contributed by atoms with van der Waals surface area (Å²) < 4.78 is 29.9. The van der Waals surface area contributed by atoms with Crippen molar-refractivity contribution in [1.82, 2.24) is 0 Å². The Labute approximate surface area is 215 Å². The van der Waals surface area contributed by atoms with Crippen LogP contribution >= 0.6 is 17.2 Å². The maximum Gasteiger partial charge on any atom is 0.158 e. The van der Waals surface area contributed by atoms with Gasteiger partial charge in [-0.05, 0) is 99.8 Å². The first-order valence-electron chi connectivity index (χ1n) is 13.4. The van der Waals surface area contributed by atoms with Crippen LogP contribution < -0.4 is 5.73 Å². The van der Waals surface area contributed by atoms with E-state index in [1.807, 2.05) is 0 Å². The fraction of sp³-hybridized carbons (Fsp3) is 1.00. The summed E-state index contributed by atoms with van der Waals surface area (Å²) in [6, 6.07) is 0. The molecule has 0 aromatic heterocycles. The molecular weight excluding hydrogens is 468 g/mol. The molecule has 206 valence electrons. The van der Waals surface area contributed by atoms with Gasteiger partial charge in [-0.3, -0.25) is 0 Å². The molecule has 0 radical (unpaired) electrons. The van der Waals surface area contributed by atoms with Crippen LogP contribution in [0.15, 0.2) is 0 Å². The van der Waals surface area contributed by atoms with Crippen LogP contribution in [-0.2, 0) is 23.7 Å². The number of rotatable bonds is 23.